The first-order chi connectivity index (χ1) is 14.1. The molecule has 3 aromatic heterocycles. The number of aromatic nitrogens is 5. The lowest BCUT2D eigenvalue weighted by Gasteiger charge is -2.34. The minimum atomic E-state index is -0.126. The summed E-state index contributed by atoms with van der Waals surface area (Å²) in [6.45, 7) is 1.40. The van der Waals surface area contributed by atoms with Crippen molar-refractivity contribution in [3.05, 3.63) is 35.5 Å². The molecule has 9 nitrogen and oxygen atoms in total. The number of amides is 1. The third-order valence-electron chi connectivity index (χ3n) is 6.04. The topological polar surface area (TPSA) is 116 Å². The molecule has 148 valence electrons. The Labute approximate surface area is 167 Å². The van der Waals surface area contributed by atoms with E-state index in [-0.39, 0.29) is 11.9 Å². The average Bonchev–Trinajstić information content (AvgIpc) is 3.30. The van der Waals surface area contributed by atoms with Crippen LogP contribution < -0.4 is 10.2 Å². The molecule has 0 aromatic carbocycles. The number of fused-ring (bicyclic) bond motifs is 2. The fraction of sp³-hybridized carbons (Fsp3) is 0.450. The van der Waals surface area contributed by atoms with E-state index in [1.165, 1.54) is 0 Å². The number of nitriles is 1. The minimum Gasteiger partial charge on any atom is -0.351 e. The lowest BCUT2D eigenvalue weighted by molar-refractivity contribution is 0.0884. The molecule has 5 rings (SSSR count). The summed E-state index contributed by atoms with van der Waals surface area (Å²) in [7, 11) is 1.90. The van der Waals surface area contributed by atoms with Crippen LogP contribution in [0.4, 0.5) is 5.82 Å². The van der Waals surface area contributed by atoms with Crippen molar-refractivity contribution in [1.82, 2.24) is 30.0 Å². The van der Waals surface area contributed by atoms with Crippen LogP contribution in [0.25, 0.3) is 11.0 Å². The average molecular weight is 390 g/mol. The quantitative estimate of drug-likeness (QED) is 0.700. The van der Waals surface area contributed by atoms with Crippen molar-refractivity contribution in [1.29, 1.82) is 5.26 Å². The summed E-state index contributed by atoms with van der Waals surface area (Å²) >= 11 is 0. The predicted molar refractivity (Wildman–Crippen MR) is 106 cm³/mol. The first-order valence-corrected chi connectivity index (χ1v) is 9.89. The number of anilines is 1. The molecule has 0 spiro atoms. The minimum absolute atomic E-state index is 0.126. The van der Waals surface area contributed by atoms with Crippen LogP contribution >= 0.6 is 0 Å². The number of carbonyl (C=O) groups is 1. The molecule has 1 amide bonds. The van der Waals surface area contributed by atoms with Crippen molar-refractivity contribution in [2.75, 3.05) is 11.4 Å². The maximum atomic E-state index is 12.9. The summed E-state index contributed by atoms with van der Waals surface area (Å²) in [5.41, 5.74) is 3.37. The van der Waals surface area contributed by atoms with Crippen molar-refractivity contribution in [3.8, 4) is 6.07 Å². The van der Waals surface area contributed by atoms with Gasteiger partial charge in [0.15, 0.2) is 5.69 Å². The zero-order chi connectivity index (χ0) is 20.0. The smallest absolute Gasteiger partial charge is 0.272 e. The molecule has 1 fully saturated rings. The predicted octanol–water partition coefficient (Wildman–Crippen LogP) is 1.68. The number of carbonyl (C=O) groups excluding carboxylic acids is 1. The number of H-pyrrole nitrogens is 1. The van der Waals surface area contributed by atoms with E-state index in [9.17, 15) is 4.79 Å². The molecule has 3 aromatic rings. The highest BCUT2D eigenvalue weighted by Gasteiger charge is 2.33. The Morgan fingerprint density at radius 1 is 1.41 bits per heavy atom. The highest BCUT2D eigenvalue weighted by atomic mass is 16.2. The van der Waals surface area contributed by atoms with E-state index in [1.807, 2.05) is 24.0 Å². The Balaban J connectivity index is 1.37. The summed E-state index contributed by atoms with van der Waals surface area (Å²) in [4.78, 5) is 27.0. The molecule has 9 heteroatoms. The van der Waals surface area contributed by atoms with Gasteiger partial charge in [0.05, 0.1) is 11.5 Å². The van der Waals surface area contributed by atoms with Gasteiger partial charge in [-0.15, -0.1) is 0 Å². The third kappa shape index (κ3) is 3.01. The monoisotopic (exact) mass is 390 g/mol. The van der Waals surface area contributed by atoms with Gasteiger partial charge in [0, 0.05) is 56.5 Å². The zero-order valence-electron chi connectivity index (χ0n) is 16.2. The normalized spacial score (nSPS) is 20.8. The Morgan fingerprint density at radius 3 is 3.10 bits per heavy atom. The highest BCUT2D eigenvalue weighted by molar-refractivity contribution is 5.94. The molecule has 0 unspecified atom stereocenters. The van der Waals surface area contributed by atoms with Crippen molar-refractivity contribution in [2.24, 2.45) is 13.0 Å². The van der Waals surface area contributed by atoms with Gasteiger partial charge in [-0.3, -0.25) is 9.48 Å². The van der Waals surface area contributed by atoms with Gasteiger partial charge >= 0.3 is 0 Å². The number of hydrogen-bond acceptors (Lipinski definition) is 6. The van der Waals surface area contributed by atoms with E-state index in [0.29, 0.717) is 24.6 Å². The van der Waals surface area contributed by atoms with Gasteiger partial charge in [0.25, 0.3) is 5.91 Å². The molecule has 0 saturated heterocycles. The van der Waals surface area contributed by atoms with Gasteiger partial charge < -0.3 is 15.2 Å². The maximum Gasteiger partial charge on any atom is 0.272 e. The van der Waals surface area contributed by atoms with E-state index in [1.54, 1.807) is 6.33 Å². The summed E-state index contributed by atoms with van der Waals surface area (Å²) in [6, 6.07) is 4.32. The van der Waals surface area contributed by atoms with E-state index < -0.39 is 0 Å². The summed E-state index contributed by atoms with van der Waals surface area (Å²) in [5.74, 6) is 1.15. The lowest BCUT2D eigenvalue weighted by Crippen LogP contribution is -2.44. The molecular formula is C20H22N8O. The Morgan fingerprint density at radius 2 is 2.28 bits per heavy atom. The fourth-order valence-corrected chi connectivity index (χ4v) is 4.47. The van der Waals surface area contributed by atoms with Gasteiger partial charge in [-0.25, -0.2) is 9.97 Å². The molecule has 0 atom stereocenters. The lowest BCUT2D eigenvalue weighted by atomic mass is 9.78. The molecule has 2 aliphatic rings. The van der Waals surface area contributed by atoms with Gasteiger partial charge in [-0.05, 0) is 24.8 Å². The van der Waals surface area contributed by atoms with Crippen LogP contribution in [0.3, 0.4) is 0 Å². The Bertz CT molecular complexity index is 1120. The van der Waals surface area contributed by atoms with Crippen LogP contribution in [0.2, 0.25) is 0 Å². The zero-order valence-corrected chi connectivity index (χ0v) is 16.2. The van der Waals surface area contributed by atoms with E-state index >= 15 is 0 Å². The number of nitrogens with one attached hydrogen (secondary N) is 2. The number of aryl methyl sites for hydroxylation is 1. The molecule has 1 aliphatic carbocycles. The first-order valence-electron chi connectivity index (χ1n) is 9.89. The third-order valence-corrected chi connectivity index (χ3v) is 6.04. The maximum absolute atomic E-state index is 12.9. The SMILES string of the molecule is Cn1nc(C(=O)NC2CC(CC#N)C2)c2c1CCN(c1ncnc3[nH]ccc13)C2. The van der Waals surface area contributed by atoms with E-state index in [0.717, 1.165) is 53.9 Å². The number of rotatable bonds is 4. The second-order valence-electron chi connectivity index (χ2n) is 7.88. The second kappa shape index (κ2) is 6.88. The largest absolute Gasteiger partial charge is 0.351 e. The Kier molecular flexibility index (Phi) is 4.19. The first kappa shape index (κ1) is 17.7. The molecule has 1 aliphatic heterocycles. The van der Waals surface area contributed by atoms with Gasteiger partial charge in [0.2, 0.25) is 0 Å². The molecule has 4 heterocycles. The molecule has 1 saturated carbocycles. The highest BCUT2D eigenvalue weighted by Crippen LogP contribution is 2.32. The van der Waals surface area contributed by atoms with Crippen LogP contribution in [0, 0.1) is 17.2 Å². The fourth-order valence-electron chi connectivity index (χ4n) is 4.47. The van der Waals surface area contributed by atoms with Crippen LogP contribution in [0.5, 0.6) is 0 Å². The summed E-state index contributed by atoms with van der Waals surface area (Å²) < 4.78 is 1.83. The number of hydrogen-bond donors (Lipinski definition) is 2. The number of aromatic amines is 1. The van der Waals surface area contributed by atoms with Crippen LogP contribution in [0.1, 0.15) is 41.0 Å². The van der Waals surface area contributed by atoms with Crippen LogP contribution in [-0.2, 0) is 20.0 Å². The number of nitrogens with zero attached hydrogens (tertiary/aromatic N) is 6. The second-order valence-corrected chi connectivity index (χ2v) is 7.88. The van der Waals surface area contributed by atoms with Crippen molar-refractivity contribution in [2.45, 2.75) is 38.3 Å². The standard InChI is InChI=1S/C20H22N8O/c1-27-16-4-7-28(19-14-3-6-22-18(14)23-11-24-19)10-15(16)17(26-27)20(29)25-13-8-12(9-13)2-5-21/h3,6,11-13H,2,4,7-10H2,1H3,(H,25,29)(H,22,23,24). The molecule has 0 bridgehead atoms. The van der Waals surface area contributed by atoms with E-state index in [2.05, 4.69) is 36.3 Å². The van der Waals surface area contributed by atoms with Crippen molar-refractivity contribution in [3.63, 3.8) is 0 Å². The molecule has 29 heavy (non-hydrogen) atoms. The summed E-state index contributed by atoms with van der Waals surface area (Å²) in [5, 5.41) is 17.4. The van der Waals surface area contributed by atoms with Gasteiger partial charge in [-0.1, -0.05) is 0 Å². The van der Waals surface area contributed by atoms with Crippen molar-refractivity contribution < 1.29 is 4.79 Å². The van der Waals surface area contributed by atoms with Crippen molar-refractivity contribution >= 4 is 22.8 Å². The Hall–Kier alpha value is -3.41. The summed E-state index contributed by atoms with van der Waals surface area (Å²) in [6.07, 6.45) is 6.52. The van der Waals surface area contributed by atoms with Crippen LogP contribution in [0.15, 0.2) is 18.6 Å². The van der Waals surface area contributed by atoms with E-state index in [4.69, 9.17) is 5.26 Å². The molecule has 0 radical (unpaired) electrons. The molecular weight excluding hydrogens is 368 g/mol. The molecule has 2 N–H and O–H groups in total. The van der Waals surface area contributed by atoms with Gasteiger partial charge in [-0.2, -0.15) is 10.4 Å². The van der Waals surface area contributed by atoms with Crippen LogP contribution in [-0.4, -0.2) is 43.2 Å². The van der Waals surface area contributed by atoms with Gasteiger partial charge in [0.1, 0.15) is 17.8 Å².